The standard InChI is InChI=1S/C17H20F3N7/c1-26(2)8-4-7-13-10-22-14(21)15-24-16(25-27(13)15)23-12-6-3-5-11(9-12)17(18,19)20/h3,5-6,9-10H,4,7-8H2,1-2H3,(H2,21,22)(H,23,25). The fourth-order valence-electron chi connectivity index (χ4n) is 2.64. The van der Waals surface area contributed by atoms with Crippen LogP contribution in [0.25, 0.3) is 5.65 Å². The van der Waals surface area contributed by atoms with E-state index in [2.05, 4.69) is 25.3 Å². The third-order valence-electron chi connectivity index (χ3n) is 3.95. The number of benzene rings is 1. The van der Waals surface area contributed by atoms with Gasteiger partial charge in [-0.05, 0) is 51.7 Å². The van der Waals surface area contributed by atoms with E-state index in [-0.39, 0.29) is 17.5 Å². The molecule has 144 valence electrons. The predicted molar refractivity (Wildman–Crippen MR) is 96.8 cm³/mol. The van der Waals surface area contributed by atoms with E-state index in [9.17, 15) is 13.2 Å². The number of alkyl halides is 3. The Labute approximate surface area is 154 Å². The van der Waals surface area contributed by atoms with E-state index in [1.807, 2.05) is 14.1 Å². The van der Waals surface area contributed by atoms with Crippen molar-refractivity contribution >= 4 is 23.1 Å². The molecular weight excluding hydrogens is 359 g/mol. The highest BCUT2D eigenvalue weighted by molar-refractivity contribution is 5.64. The highest BCUT2D eigenvalue weighted by Gasteiger charge is 2.30. The van der Waals surface area contributed by atoms with Crippen molar-refractivity contribution in [2.75, 3.05) is 31.7 Å². The zero-order chi connectivity index (χ0) is 19.6. The number of aryl methyl sites for hydroxylation is 1. The number of anilines is 3. The predicted octanol–water partition coefficient (Wildman–Crippen LogP) is 2.96. The molecule has 2 heterocycles. The van der Waals surface area contributed by atoms with E-state index in [1.165, 1.54) is 12.1 Å². The average Bonchev–Trinajstić information content (AvgIpc) is 3.01. The fraction of sp³-hybridized carbons (Fsp3) is 0.353. The Morgan fingerprint density at radius 3 is 2.74 bits per heavy atom. The maximum atomic E-state index is 12.9. The van der Waals surface area contributed by atoms with Crippen molar-refractivity contribution < 1.29 is 13.2 Å². The molecule has 0 aliphatic rings. The molecule has 0 atom stereocenters. The molecule has 1 aromatic carbocycles. The number of nitrogens with two attached hydrogens (primary N) is 1. The number of hydrogen-bond donors (Lipinski definition) is 2. The summed E-state index contributed by atoms with van der Waals surface area (Å²) < 4.78 is 40.2. The van der Waals surface area contributed by atoms with Crippen LogP contribution < -0.4 is 11.1 Å². The largest absolute Gasteiger partial charge is 0.416 e. The molecule has 3 aromatic rings. The van der Waals surface area contributed by atoms with Crippen LogP contribution in [0.5, 0.6) is 0 Å². The Hall–Kier alpha value is -2.88. The summed E-state index contributed by atoms with van der Waals surface area (Å²) in [6.45, 7) is 0.899. The first-order chi connectivity index (χ1) is 12.7. The number of nitrogens with zero attached hydrogens (tertiary/aromatic N) is 5. The number of halogens is 3. The smallest absolute Gasteiger partial charge is 0.381 e. The molecule has 0 bridgehead atoms. The summed E-state index contributed by atoms with van der Waals surface area (Å²) in [6, 6.07) is 4.85. The van der Waals surface area contributed by atoms with Crippen molar-refractivity contribution in [3.8, 4) is 0 Å². The molecule has 7 nitrogen and oxygen atoms in total. The summed E-state index contributed by atoms with van der Waals surface area (Å²) in [4.78, 5) is 10.5. The third-order valence-corrected chi connectivity index (χ3v) is 3.95. The fourth-order valence-corrected chi connectivity index (χ4v) is 2.64. The van der Waals surface area contributed by atoms with Gasteiger partial charge in [0.25, 0.3) is 0 Å². The van der Waals surface area contributed by atoms with Gasteiger partial charge < -0.3 is 16.0 Å². The van der Waals surface area contributed by atoms with Crippen molar-refractivity contribution in [1.29, 1.82) is 0 Å². The lowest BCUT2D eigenvalue weighted by Gasteiger charge is -2.09. The Balaban J connectivity index is 1.87. The SMILES string of the molecule is CN(C)CCCc1cnc(N)c2nc(Nc3cccc(C(F)(F)F)c3)nn12. The Morgan fingerprint density at radius 2 is 2.04 bits per heavy atom. The van der Waals surface area contributed by atoms with Gasteiger partial charge in [0.1, 0.15) is 0 Å². The van der Waals surface area contributed by atoms with Gasteiger partial charge in [-0.2, -0.15) is 18.2 Å². The first-order valence-corrected chi connectivity index (χ1v) is 8.33. The summed E-state index contributed by atoms with van der Waals surface area (Å²) in [5.41, 5.74) is 6.55. The molecule has 3 N–H and O–H groups in total. The molecule has 0 saturated carbocycles. The monoisotopic (exact) mass is 379 g/mol. The van der Waals surface area contributed by atoms with E-state index >= 15 is 0 Å². The molecule has 0 aliphatic carbocycles. The zero-order valence-electron chi connectivity index (χ0n) is 15.0. The zero-order valence-corrected chi connectivity index (χ0v) is 15.0. The van der Waals surface area contributed by atoms with Gasteiger partial charge in [-0.25, -0.2) is 9.50 Å². The topological polar surface area (TPSA) is 84.4 Å². The van der Waals surface area contributed by atoms with Crippen LogP contribution >= 0.6 is 0 Å². The number of hydrogen-bond acceptors (Lipinski definition) is 6. The van der Waals surface area contributed by atoms with Gasteiger partial charge in [0, 0.05) is 5.69 Å². The molecule has 0 radical (unpaired) electrons. The molecule has 0 amide bonds. The molecular formula is C17H20F3N7. The Morgan fingerprint density at radius 1 is 1.26 bits per heavy atom. The van der Waals surface area contributed by atoms with Crippen LogP contribution in [0.4, 0.5) is 30.6 Å². The van der Waals surface area contributed by atoms with Gasteiger partial charge in [-0.1, -0.05) is 6.07 Å². The lowest BCUT2D eigenvalue weighted by molar-refractivity contribution is -0.137. The highest BCUT2D eigenvalue weighted by atomic mass is 19.4. The minimum Gasteiger partial charge on any atom is -0.381 e. The van der Waals surface area contributed by atoms with Crippen molar-refractivity contribution in [2.45, 2.75) is 19.0 Å². The van der Waals surface area contributed by atoms with E-state index < -0.39 is 11.7 Å². The first kappa shape index (κ1) is 18.9. The lowest BCUT2D eigenvalue weighted by atomic mass is 10.2. The van der Waals surface area contributed by atoms with E-state index in [1.54, 1.807) is 10.7 Å². The number of nitrogen functional groups attached to an aromatic ring is 1. The minimum absolute atomic E-state index is 0.155. The van der Waals surface area contributed by atoms with Crippen LogP contribution in [0.3, 0.4) is 0 Å². The molecule has 0 fully saturated rings. The second kappa shape index (κ2) is 7.39. The summed E-state index contributed by atoms with van der Waals surface area (Å²) in [6.07, 6.45) is -1.17. The van der Waals surface area contributed by atoms with Crippen molar-refractivity contribution in [3.05, 3.63) is 41.7 Å². The first-order valence-electron chi connectivity index (χ1n) is 8.33. The van der Waals surface area contributed by atoms with Gasteiger partial charge in [0.2, 0.25) is 5.95 Å². The molecule has 0 unspecified atom stereocenters. The molecule has 0 aliphatic heterocycles. The molecule has 10 heteroatoms. The Kier molecular flexibility index (Phi) is 5.17. The van der Waals surface area contributed by atoms with Crippen LogP contribution in [0.2, 0.25) is 0 Å². The lowest BCUT2D eigenvalue weighted by Crippen LogP contribution is -2.14. The summed E-state index contributed by atoms with van der Waals surface area (Å²) in [5.74, 6) is 0.360. The molecule has 0 spiro atoms. The number of fused-ring (bicyclic) bond motifs is 1. The third kappa shape index (κ3) is 4.45. The maximum absolute atomic E-state index is 12.9. The number of nitrogens with one attached hydrogen (secondary N) is 1. The van der Waals surface area contributed by atoms with Crippen molar-refractivity contribution in [1.82, 2.24) is 24.5 Å². The van der Waals surface area contributed by atoms with E-state index in [0.717, 1.165) is 30.8 Å². The van der Waals surface area contributed by atoms with Crippen LogP contribution in [-0.2, 0) is 12.6 Å². The van der Waals surface area contributed by atoms with Gasteiger partial charge in [-0.15, -0.1) is 5.10 Å². The Bertz CT molecular complexity index is 934. The van der Waals surface area contributed by atoms with Crippen LogP contribution in [-0.4, -0.2) is 45.1 Å². The second-order valence-electron chi connectivity index (χ2n) is 6.42. The number of rotatable bonds is 6. The minimum atomic E-state index is -4.42. The van der Waals surface area contributed by atoms with Gasteiger partial charge in [-0.3, -0.25) is 0 Å². The summed E-state index contributed by atoms with van der Waals surface area (Å²) >= 11 is 0. The maximum Gasteiger partial charge on any atom is 0.416 e. The molecule has 27 heavy (non-hydrogen) atoms. The summed E-state index contributed by atoms with van der Waals surface area (Å²) in [5, 5.41) is 7.14. The van der Waals surface area contributed by atoms with Gasteiger partial charge in [0.05, 0.1) is 17.5 Å². The van der Waals surface area contributed by atoms with E-state index in [0.29, 0.717) is 12.1 Å². The second-order valence-corrected chi connectivity index (χ2v) is 6.42. The average molecular weight is 379 g/mol. The van der Waals surface area contributed by atoms with Crippen LogP contribution in [0, 0.1) is 0 Å². The summed E-state index contributed by atoms with van der Waals surface area (Å²) in [7, 11) is 3.98. The molecule has 2 aromatic heterocycles. The van der Waals surface area contributed by atoms with E-state index in [4.69, 9.17) is 5.73 Å². The normalized spacial score (nSPS) is 12.1. The quantitative estimate of drug-likeness (QED) is 0.685. The van der Waals surface area contributed by atoms with Crippen molar-refractivity contribution in [3.63, 3.8) is 0 Å². The highest BCUT2D eigenvalue weighted by Crippen LogP contribution is 2.31. The number of aromatic nitrogens is 4. The van der Waals surface area contributed by atoms with Crippen LogP contribution in [0.15, 0.2) is 30.5 Å². The van der Waals surface area contributed by atoms with Crippen molar-refractivity contribution in [2.24, 2.45) is 0 Å². The van der Waals surface area contributed by atoms with Crippen LogP contribution in [0.1, 0.15) is 17.7 Å². The van der Waals surface area contributed by atoms with Gasteiger partial charge in [0.15, 0.2) is 11.5 Å². The van der Waals surface area contributed by atoms with Gasteiger partial charge >= 0.3 is 6.18 Å². The molecule has 0 saturated heterocycles. The molecule has 3 rings (SSSR count).